The minimum atomic E-state index is -4.35. The summed E-state index contributed by atoms with van der Waals surface area (Å²) in [7, 11) is 0. The fourth-order valence-corrected chi connectivity index (χ4v) is 2.17. The Balaban J connectivity index is 2.47. The lowest BCUT2D eigenvalue weighted by atomic mass is 10.1. The first kappa shape index (κ1) is 14.9. The van der Waals surface area contributed by atoms with Gasteiger partial charge < -0.3 is 10.0 Å². The van der Waals surface area contributed by atoms with Crippen LogP contribution in [-0.4, -0.2) is 36.0 Å². The third kappa shape index (κ3) is 3.52. The average Bonchev–Trinajstić information content (AvgIpc) is 2.35. The minimum absolute atomic E-state index is 0.110. The highest BCUT2D eigenvalue weighted by atomic mass is 35.5. The molecule has 0 bridgehead atoms. The van der Waals surface area contributed by atoms with E-state index in [1.807, 2.05) is 0 Å². The third-order valence-corrected chi connectivity index (χ3v) is 3.00. The summed E-state index contributed by atoms with van der Waals surface area (Å²) in [6.45, 7) is -1.61. The molecule has 1 aromatic carbocycles. The molecule has 0 saturated carbocycles. The van der Waals surface area contributed by atoms with E-state index in [-0.39, 0.29) is 13.2 Å². The fraction of sp³-hybridized carbons (Fsp3) is 0.308. The van der Waals surface area contributed by atoms with Gasteiger partial charge in [-0.25, -0.2) is 0 Å². The Labute approximate surface area is 118 Å². The van der Waals surface area contributed by atoms with E-state index >= 15 is 0 Å². The van der Waals surface area contributed by atoms with Crippen LogP contribution in [0.4, 0.5) is 18.9 Å². The molecule has 1 aromatic heterocycles. The molecule has 108 valence electrons. The number of anilines is 1. The monoisotopic (exact) mass is 304 g/mol. The van der Waals surface area contributed by atoms with E-state index in [4.69, 9.17) is 16.7 Å². The number of aromatic nitrogens is 1. The average molecular weight is 305 g/mol. The molecular formula is C13H12ClF3N2O. The smallest absolute Gasteiger partial charge is 0.395 e. The van der Waals surface area contributed by atoms with Gasteiger partial charge in [0.2, 0.25) is 0 Å². The van der Waals surface area contributed by atoms with Crippen molar-refractivity contribution in [3.63, 3.8) is 0 Å². The Morgan fingerprint density at radius 3 is 2.65 bits per heavy atom. The van der Waals surface area contributed by atoms with Gasteiger partial charge in [0.05, 0.1) is 12.1 Å². The number of pyridine rings is 1. The van der Waals surface area contributed by atoms with Crippen molar-refractivity contribution in [2.45, 2.75) is 6.18 Å². The van der Waals surface area contributed by atoms with Crippen molar-refractivity contribution in [2.75, 3.05) is 24.6 Å². The first-order valence-corrected chi connectivity index (χ1v) is 6.25. The lowest BCUT2D eigenvalue weighted by molar-refractivity contribution is -0.119. The fourth-order valence-electron chi connectivity index (χ4n) is 2.00. The molecule has 2 rings (SSSR count). The second-order valence-electron chi connectivity index (χ2n) is 4.25. The number of fused-ring (bicyclic) bond motifs is 1. The maximum Gasteiger partial charge on any atom is 0.405 e. The van der Waals surface area contributed by atoms with Crippen LogP contribution in [0.5, 0.6) is 0 Å². The van der Waals surface area contributed by atoms with Crippen molar-refractivity contribution in [3.8, 4) is 0 Å². The number of alkyl halides is 3. The molecule has 7 heteroatoms. The Bertz CT molecular complexity index is 604. The molecule has 0 unspecified atom stereocenters. The highest BCUT2D eigenvalue weighted by Crippen LogP contribution is 2.29. The zero-order chi connectivity index (χ0) is 14.8. The Hall–Kier alpha value is -1.53. The first-order valence-electron chi connectivity index (χ1n) is 5.87. The number of aliphatic hydroxyl groups is 1. The van der Waals surface area contributed by atoms with E-state index in [0.29, 0.717) is 21.6 Å². The SMILES string of the molecule is OCCN(CC(F)(F)F)c1ccnc2cc(Cl)ccc12. The summed E-state index contributed by atoms with van der Waals surface area (Å²) in [6, 6.07) is 6.31. The number of hydrogen-bond donors (Lipinski definition) is 1. The lowest BCUT2D eigenvalue weighted by Gasteiger charge is -2.26. The molecule has 0 aliphatic heterocycles. The van der Waals surface area contributed by atoms with Crippen LogP contribution in [-0.2, 0) is 0 Å². The van der Waals surface area contributed by atoms with Crippen LogP contribution in [0.1, 0.15) is 0 Å². The van der Waals surface area contributed by atoms with Crippen LogP contribution >= 0.6 is 11.6 Å². The Morgan fingerprint density at radius 1 is 1.25 bits per heavy atom. The third-order valence-electron chi connectivity index (χ3n) is 2.76. The number of rotatable bonds is 4. The molecule has 0 saturated heterocycles. The van der Waals surface area contributed by atoms with Crippen molar-refractivity contribution >= 4 is 28.2 Å². The van der Waals surface area contributed by atoms with Gasteiger partial charge in [0.15, 0.2) is 0 Å². The number of halogens is 4. The minimum Gasteiger partial charge on any atom is -0.395 e. The second kappa shape index (κ2) is 5.85. The molecule has 0 fully saturated rings. The molecule has 2 aromatic rings. The topological polar surface area (TPSA) is 36.4 Å². The second-order valence-corrected chi connectivity index (χ2v) is 4.69. The summed E-state index contributed by atoms with van der Waals surface area (Å²) in [5, 5.41) is 9.99. The van der Waals surface area contributed by atoms with Gasteiger partial charge in [-0.1, -0.05) is 11.6 Å². The maximum atomic E-state index is 12.6. The molecule has 0 spiro atoms. The lowest BCUT2D eigenvalue weighted by Crippen LogP contribution is -2.36. The summed E-state index contributed by atoms with van der Waals surface area (Å²) in [5.41, 5.74) is 0.887. The van der Waals surface area contributed by atoms with Crippen LogP contribution in [0.15, 0.2) is 30.5 Å². The van der Waals surface area contributed by atoms with Crippen LogP contribution in [0.3, 0.4) is 0 Å². The maximum absolute atomic E-state index is 12.6. The molecule has 1 N–H and O–H groups in total. The zero-order valence-corrected chi connectivity index (χ0v) is 11.1. The summed E-state index contributed by atoms with van der Waals surface area (Å²) < 4.78 is 37.9. The summed E-state index contributed by atoms with van der Waals surface area (Å²) in [6.07, 6.45) is -2.92. The van der Waals surface area contributed by atoms with Crippen LogP contribution in [0.25, 0.3) is 10.9 Å². The van der Waals surface area contributed by atoms with Gasteiger partial charge in [-0.05, 0) is 24.3 Å². The van der Waals surface area contributed by atoms with E-state index in [9.17, 15) is 13.2 Å². The summed E-state index contributed by atoms with van der Waals surface area (Å²) in [4.78, 5) is 5.17. The molecule has 0 aliphatic rings. The van der Waals surface area contributed by atoms with Crippen molar-refractivity contribution in [3.05, 3.63) is 35.5 Å². The molecule has 0 radical (unpaired) electrons. The first-order chi connectivity index (χ1) is 9.40. The quantitative estimate of drug-likeness (QED) is 0.942. The number of aliphatic hydroxyl groups excluding tert-OH is 1. The molecule has 0 atom stereocenters. The van der Waals surface area contributed by atoms with Gasteiger partial charge in [0.1, 0.15) is 6.54 Å². The zero-order valence-electron chi connectivity index (χ0n) is 10.4. The normalized spacial score (nSPS) is 11.8. The van der Waals surface area contributed by atoms with Crippen LogP contribution in [0.2, 0.25) is 5.02 Å². The van der Waals surface area contributed by atoms with Gasteiger partial charge in [0.25, 0.3) is 0 Å². The predicted molar refractivity (Wildman–Crippen MR) is 72.1 cm³/mol. The molecule has 1 heterocycles. The van der Waals surface area contributed by atoms with Gasteiger partial charge in [-0.2, -0.15) is 13.2 Å². The van der Waals surface area contributed by atoms with E-state index in [1.165, 1.54) is 12.3 Å². The number of nitrogens with zero attached hydrogens (tertiary/aromatic N) is 2. The van der Waals surface area contributed by atoms with Crippen LogP contribution < -0.4 is 4.90 Å². The standard InChI is InChI=1S/C13H12ClF3N2O/c14-9-1-2-10-11(7-9)18-4-3-12(10)19(5-6-20)8-13(15,16)17/h1-4,7,20H,5-6,8H2. The van der Waals surface area contributed by atoms with Crippen molar-refractivity contribution in [2.24, 2.45) is 0 Å². The van der Waals surface area contributed by atoms with Gasteiger partial charge in [-0.3, -0.25) is 4.98 Å². The highest BCUT2D eigenvalue weighted by Gasteiger charge is 2.31. The molecular weight excluding hydrogens is 293 g/mol. The van der Waals surface area contributed by atoms with Gasteiger partial charge in [-0.15, -0.1) is 0 Å². The van der Waals surface area contributed by atoms with E-state index in [0.717, 1.165) is 4.90 Å². The Morgan fingerprint density at radius 2 is 2.00 bits per heavy atom. The van der Waals surface area contributed by atoms with Crippen molar-refractivity contribution < 1.29 is 18.3 Å². The van der Waals surface area contributed by atoms with E-state index < -0.39 is 12.7 Å². The van der Waals surface area contributed by atoms with E-state index in [1.54, 1.807) is 18.2 Å². The van der Waals surface area contributed by atoms with Crippen molar-refractivity contribution in [1.82, 2.24) is 4.98 Å². The number of hydrogen-bond acceptors (Lipinski definition) is 3. The summed E-state index contributed by atoms with van der Waals surface area (Å²) in [5.74, 6) is 0. The Kier molecular flexibility index (Phi) is 4.35. The van der Waals surface area contributed by atoms with E-state index in [2.05, 4.69) is 4.98 Å². The molecule has 0 aliphatic carbocycles. The summed E-state index contributed by atoms with van der Waals surface area (Å²) >= 11 is 5.84. The number of benzene rings is 1. The molecule has 0 amide bonds. The van der Waals surface area contributed by atoms with Gasteiger partial charge in [0, 0.05) is 28.8 Å². The van der Waals surface area contributed by atoms with Gasteiger partial charge >= 0.3 is 6.18 Å². The van der Waals surface area contributed by atoms with Crippen molar-refractivity contribution in [1.29, 1.82) is 0 Å². The highest BCUT2D eigenvalue weighted by molar-refractivity contribution is 6.31. The molecule has 20 heavy (non-hydrogen) atoms. The largest absolute Gasteiger partial charge is 0.405 e. The molecule has 3 nitrogen and oxygen atoms in total. The van der Waals surface area contributed by atoms with Crippen LogP contribution in [0, 0.1) is 0 Å². The predicted octanol–water partition coefficient (Wildman–Crippen LogP) is 3.25.